The molecular formula is C33H37N4+. The largest absolute Gasteiger partial charge is 0.368 e. The maximum atomic E-state index is 2.62. The van der Waals surface area contributed by atoms with Gasteiger partial charge < -0.3 is 9.80 Å². The molecule has 0 radical (unpaired) electrons. The van der Waals surface area contributed by atoms with E-state index >= 15 is 0 Å². The van der Waals surface area contributed by atoms with Crippen molar-refractivity contribution in [1.82, 2.24) is 0 Å². The molecule has 2 fully saturated rings. The van der Waals surface area contributed by atoms with Crippen LogP contribution in [0.25, 0.3) is 21.5 Å². The van der Waals surface area contributed by atoms with Gasteiger partial charge in [0.15, 0.2) is 11.4 Å². The molecule has 3 heterocycles. The molecule has 0 N–H and O–H groups in total. The van der Waals surface area contributed by atoms with Crippen molar-refractivity contribution in [2.45, 2.75) is 38.5 Å². The lowest BCUT2D eigenvalue weighted by molar-refractivity contribution is -0.421. The van der Waals surface area contributed by atoms with Crippen LogP contribution < -0.4 is 14.7 Å². The van der Waals surface area contributed by atoms with Crippen LogP contribution in [0.5, 0.6) is 0 Å². The van der Waals surface area contributed by atoms with Gasteiger partial charge in [-0.15, -0.1) is 0 Å². The van der Waals surface area contributed by atoms with E-state index < -0.39 is 0 Å². The third-order valence-electron chi connectivity index (χ3n) is 8.59. The number of hydrogen-bond acceptors (Lipinski definition) is 3. The fourth-order valence-corrected chi connectivity index (χ4v) is 6.71. The van der Waals surface area contributed by atoms with Gasteiger partial charge >= 0.3 is 0 Å². The summed E-state index contributed by atoms with van der Waals surface area (Å²) in [6, 6.07) is 27.2. The highest BCUT2D eigenvalue weighted by molar-refractivity contribution is 6.06. The molecule has 2 saturated heterocycles. The normalized spacial score (nSPS) is 18.6. The summed E-state index contributed by atoms with van der Waals surface area (Å²) in [5, 5.41) is 5.37. The minimum Gasteiger partial charge on any atom is -0.368 e. The molecule has 0 amide bonds. The Labute approximate surface area is 220 Å². The number of rotatable bonds is 4. The number of hydrogen-bond donors (Lipinski definition) is 0. The Morgan fingerprint density at radius 3 is 1.78 bits per heavy atom. The van der Waals surface area contributed by atoms with Crippen molar-refractivity contribution in [3.63, 3.8) is 0 Å². The van der Waals surface area contributed by atoms with Crippen molar-refractivity contribution in [3.8, 4) is 0 Å². The molecular weight excluding hydrogens is 452 g/mol. The van der Waals surface area contributed by atoms with E-state index in [0.717, 1.165) is 39.3 Å². The second-order valence-electron chi connectivity index (χ2n) is 10.9. The van der Waals surface area contributed by atoms with Crippen LogP contribution in [0.2, 0.25) is 0 Å². The van der Waals surface area contributed by atoms with E-state index in [1.807, 2.05) is 0 Å². The first-order valence-electron chi connectivity index (χ1n) is 14.3. The van der Waals surface area contributed by atoms with E-state index in [1.165, 1.54) is 82.8 Å². The Hall–Kier alpha value is -3.53. The summed E-state index contributed by atoms with van der Waals surface area (Å²) in [5.74, 6) is 0. The van der Waals surface area contributed by atoms with Gasteiger partial charge in [0.1, 0.15) is 13.1 Å². The lowest BCUT2D eigenvalue weighted by Gasteiger charge is -2.31. The number of anilines is 3. The molecule has 7 rings (SSSR count). The van der Waals surface area contributed by atoms with E-state index in [-0.39, 0.29) is 0 Å². The SMILES string of the molecule is C1=[N+](c2c(N3CCCCC3)ccc3ccccc23)CCN1c1c(N2CCCCC2)ccc2ccccc12. The van der Waals surface area contributed by atoms with Gasteiger partial charge in [-0.25, -0.2) is 9.48 Å². The Bertz CT molecular complexity index is 1460. The van der Waals surface area contributed by atoms with Crippen molar-refractivity contribution < 1.29 is 4.58 Å². The van der Waals surface area contributed by atoms with Crippen LogP contribution in [0.1, 0.15) is 38.5 Å². The summed E-state index contributed by atoms with van der Waals surface area (Å²) < 4.78 is 2.54. The van der Waals surface area contributed by atoms with E-state index in [1.54, 1.807) is 0 Å². The summed E-state index contributed by atoms with van der Waals surface area (Å²) >= 11 is 0. The molecule has 4 heteroatoms. The van der Waals surface area contributed by atoms with Gasteiger partial charge in [0, 0.05) is 37.0 Å². The maximum Gasteiger partial charge on any atom is 0.244 e. The quantitative estimate of drug-likeness (QED) is 0.282. The predicted molar refractivity (Wildman–Crippen MR) is 158 cm³/mol. The molecule has 4 nitrogen and oxygen atoms in total. The highest BCUT2D eigenvalue weighted by Gasteiger charge is 2.31. The van der Waals surface area contributed by atoms with E-state index in [0.29, 0.717) is 0 Å². The van der Waals surface area contributed by atoms with Crippen molar-refractivity contribution in [1.29, 1.82) is 0 Å². The molecule has 0 aromatic heterocycles. The van der Waals surface area contributed by atoms with Crippen LogP contribution in [0.3, 0.4) is 0 Å². The van der Waals surface area contributed by atoms with Gasteiger partial charge in [0.05, 0.1) is 11.4 Å². The number of nitrogens with zero attached hydrogens (tertiary/aromatic N) is 4. The zero-order valence-corrected chi connectivity index (χ0v) is 21.8. The number of piperidine rings is 2. The fraction of sp³-hybridized carbons (Fsp3) is 0.364. The Balaban J connectivity index is 1.37. The molecule has 0 aliphatic carbocycles. The first-order valence-corrected chi connectivity index (χ1v) is 14.3. The van der Waals surface area contributed by atoms with Crippen molar-refractivity contribution in [2.24, 2.45) is 0 Å². The third-order valence-corrected chi connectivity index (χ3v) is 8.59. The summed E-state index contributed by atoms with van der Waals surface area (Å²) in [7, 11) is 0. The van der Waals surface area contributed by atoms with Gasteiger partial charge in [0.2, 0.25) is 6.34 Å². The third kappa shape index (κ3) is 4.13. The summed E-state index contributed by atoms with van der Waals surface area (Å²) in [4.78, 5) is 7.78. The van der Waals surface area contributed by atoms with E-state index in [9.17, 15) is 0 Å². The lowest BCUT2D eigenvalue weighted by Crippen LogP contribution is -2.31. The minimum absolute atomic E-state index is 0.998. The van der Waals surface area contributed by atoms with Crippen molar-refractivity contribution in [3.05, 3.63) is 72.8 Å². The molecule has 0 saturated carbocycles. The molecule has 4 aromatic carbocycles. The van der Waals surface area contributed by atoms with Crippen LogP contribution in [0.4, 0.5) is 22.7 Å². The van der Waals surface area contributed by atoms with Crippen LogP contribution in [0, 0.1) is 0 Å². The van der Waals surface area contributed by atoms with Crippen LogP contribution in [0.15, 0.2) is 72.8 Å². The molecule has 0 bridgehead atoms. The van der Waals surface area contributed by atoms with E-state index in [2.05, 4.69) is 98.4 Å². The summed E-state index contributed by atoms with van der Waals surface area (Å²) in [6.07, 6.45) is 10.3. The topological polar surface area (TPSA) is 12.7 Å². The zero-order chi connectivity index (χ0) is 24.6. The number of benzene rings is 4. The van der Waals surface area contributed by atoms with Crippen LogP contribution in [-0.2, 0) is 0 Å². The standard InChI is InChI=1S/C33H37N4/c1-7-19-34(20-8-1)30-17-15-26-11-3-5-13-28(26)32(30)36-23-24-37(25-36)33-29-14-6-4-12-27(29)16-18-31(33)35-21-9-2-10-22-35/h3-6,11-18,25H,1-2,7-10,19-24H2/q+1. The average molecular weight is 490 g/mol. The summed E-state index contributed by atoms with van der Waals surface area (Å²) in [5.41, 5.74) is 5.54. The highest BCUT2D eigenvalue weighted by Crippen LogP contribution is 2.41. The van der Waals surface area contributed by atoms with Gasteiger partial charge in [-0.2, -0.15) is 0 Å². The molecule has 0 unspecified atom stereocenters. The lowest BCUT2D eigenvalue weighted by atomic mass is 10.0. The second kappa shape index (κ2) is 9.74. The van der Waals surface area contributed by atoms with Crippen molar-refractivity contribution in [2.75, 3.05) is 54.0 Å². The summed E-state index contributed by atoms with van der Waals surface area (Å²) in [6.45, 7) is 6.63. The average Bonchev–Trinajstić information content (AvgIpc) is 3.46. The molecule has 3 aliphatic rings. The Morgan fingerprint density at radius 2 is 1.08 bits per heavy atom. The van der Waals surface area contributed by atoms with Gasteiger partial charge in [-0.1, -0.05) is 60.7 Å². The minimum atomic E-state index is 0.998. The molecule has 37 heavy (non-hydrogen) atoms. The first kappa shape index (κ1) is 22.7. The van der Waals surface area contributed by atoms with Gasteiger partial charge in [-0.05, 0) is 61.4 Å². The first-order chi connectivity index (χ1) is 18.4. The monoisotopic (exact) mass is 489 g/mol. The molecule has 4 aromatic rings. The molecule has 3 aliphatic heterocycles. The van der Waals surface area contributed by atoms with Crippen molar-refractivity contribution >= 4 is 50.6 Å². The predicted octanol–water partition coefficient (Wildman–Crippen LogP) is 7.17. The second-order valence-corrected chi connectivity index (χ2v) is 10.9. The van der Waals surface area contributed by atoms with Crippen LogP contribution in [-0.4, -0.2) is 50.2 Å². The number of fused-ring (bicyclic) bond motifs is 2. The highest BCUT2D eigenvalue weighted by atomic mass is 15.3. The molecule has 0 spiro atoms. The Morgan fingerprint density at radius 1 is 0.514 bits per heavy atom. The van der Waals surface area contributed by atoms with Gasteiger partial charge in [-0.3, -0.25) is 0 Å². The van der Waals surface area contributed by atoms with Gasteiger partial charge in [0.25, 0.3) is 0 Å². The smallest absolute Gasteiger partial charge is 0.244 e. The zero-order valence-electron chi connectivity index (χ0n) is 21.8. The van der Waals surface area contributed by atoms with E-state index in [4.69, 9.17) is 0 Å². The van der Waals surface area contributed by atoms with Crippen LogP contribution >= 0.6 is 0 Å². The molecule has 188 valence electrons. The Kier molecular flexibility index (Phi) is 5.96. The maximum absolute atomic E-state index is 2.62. The fourth-order valence-electron chi connectivity index (χ4n) is 6.71. The molecule has 0 atom stereocenters.